The van der Waals surface area contributed by atoms with Crippen LogP contribution in [0.25, 0.3) is 0 Å². The van der Waals surface area contributed by atoms with Crippen LogP contribution >= 0.6 is 0 Å². The van der Waals surface area contributed by atoms with E-state index in [0.29, 0.717) is 6.42 Å². The molecule has 0 amide bonds. The first-order valence-electron chi connectivity index (χ1n) is 12.1. The molecule has 37 heavy (non-hydrogen) atoms. The summed E-state index contributed by atoms with van der Waals surface area (Å²) in [5.74, 6) is -3.81. The van der Waals surface area contributed by atoms with Gasteiger partial charge in [-0.05, 0) is 26.3 Å². The van der Waals surface area contributed by atoms with Crippen LogP contribution in [-0.4, -0.2) is 71.6 Å². The smallest absolute Gasteiger partial charge is 0.303 e. The average Bonchev–Trinajstić information content (AvgIpc) is 3.46. The van der Waals surface area contributed by atoms with E-state index in [1.165, 1.54) is 20.8 Å². The molecule has 2 aliphatic rings. The molecular formula is C26H36O11. The number of carbonyl (C=O) groups excluding carboxylic acids is 4. The fourth-order valence-corrected chi connectivity index (χ4v) is 4.77. The molecule has 1 N–H and O–H groups in total. The SMILES string of the molecule is CC(=O)OC1CC=C(C)CC(OC(C)=O)C(CC(=O)O)C(OC=O)C2OC2(C)C(OC(C)=O)CC=C1C. The molecule has 1 fully saturated rings. The fraction of sp³-hybridized carbons (Fsp3) is 0.654. The Labute approximate surface area is 216 Å². The zero-order valence-electron chi connectivity index (χ0n) is 22.1. The molecule has 0 aromatic rings. The predicted octanol–water partition coefficient (Wildman–Crippen LogP) is 2.65. The number of carbonyl (C=O) groups is 5. The Kier molecular flexibility index (Phi) is 10.4. The van der Waals surface area contributed by atoms with Crippen LogP contribution in [0.3, 0.4) is 0 Å². The normalized spacial score (nSPS) is 32.3. The first-order chi connectivity index (χ1) is 17.3. The minimum atomic E-state index is -1.18. The van der Waals surface area contributed by atoms with Gasteiger partial charge in [0.1, 0.15) is 36.1 Å². The summed E-state index contributed by atoms with van der Waals surface area (Å²) in [4.78, 5) is 58.9. The molecule has 11 heteroatoms. The summed E-state index contributed by atoms with van der Waals surface area (Å²) in [6, 6.07) is 0. The minimum absolute atomic E-state index is 0.141. The van der Waals surface area contributed by atoms with E-state index in [4.69, 9.17) is 23.7 Å². The summed E-state index contributed by atoms with van der Waals surface area (Å²) in [7, 11) is 0. The first-order valence-corrected chi connectivity index (χ1v) is 12.1. The van der Waals surface area contributed by atoms with Crippen LogP contribution in [0.15, 0.2) is 23.3 Å². The highest BCUT2D eigenvalue weighted by atomic mass is 16.7. The van der Waals surface area contributed by atoms with Crippen LogP contribution in [0.5, 0.6) is 0 Å². The van der Waals surface area contributed by atoms with Crippen LogP contribution in [0.1, 0.15) is 67.2 Å². The number of hydrogen-bond donors (Lipinski definition) is 1. The number of carboxylic acids is 1. The quantitative estimate of drug-likeness (QED) is 0.172. The second-order valence-corrected chi connectivity index (χ2v) is 9.70. The van der Waals surface area contributed by atoms with Gasteiger partial charge in [0.05, 0.1) is 6.42 Å². The largest absolute Gasteiger partial charge is 0.481 e. The maximum absolute atomic E-state index is 12.0. The topological polar surface area (TPSA) is 155 Å². The fourth-order valence-electron chi connectivity index (χ4n) is 4.77. The van der Waals surface area contributed by atoms with Crippen molar-refractivity contribution in [2.75, 3.05) is 0 Å². The van der Waals surface area contributed by atoms with Crippen molar-refractivity contribution < 1.29 is 52.8 Å². The standard InChI is InChI=1S/C26H36O11/c1-14-7-9-20(34-16(3)28)15(2)8-10-22(36-18(5)30)26(6)25(37-26)24(33-13-27)19(12-23(31)32)21(11-14)35-17(4)29/h7-8,13,19-22,24-25H,9-12H2,1-6H3,(H,31,32). The lowest BCUT2D eigenvalue weighted by atomic mass is 9.82. The van der Waals surface area contributed by atoms with E-state index in [9.17, 15) is 29.1 Å². The van der Waals surface area contributed by atoms with Gasteiger partial charge in [-0.1, -0.05) is 17.7 Å². The van der Waals surface area contributed by atoms with Gasteiger partial charge in [-0.2, -0.15) is 0 Å². The second-order valence-electron chi connectivity index (χ2n) is 9.70. The van der Waals surface area contributed by atoms with Crippen molar-refractivity contribution in [2.45, 2.75) is 103 Å². The molecule has 2 rings (SSSR count). The maximum Gasteiger partial charge on any atom is 0.303 e. The Morgan fingerprint density at radius 1 is 1.03 bits per heavy atom. The average molecular weight is 525 g/mol. The van der Waals surface area contributed by atoms with Crippen molar-refractivity contribution in [3.8, 4) is 0 Å². The summed E-state index contributed by atoms with van der Waals surface area (Å²) in [6.45, 7) is 9.22. The number of carboxylic acid groups (broad SMARTS) is 1. The van der Waals surface area contributed by atoms with Crippen molar-refractivity contribution in [2.24, 2.45) is 5.92 Å². The predicted molar refractivity (Wildman–Crippen MR) is 128 cm³/mol. The van der Waals surface area contributed by atoms with Gasteiger partial charge in [-0.3, -0.25) is 24.0 Å². The number of epoxide rings is 1. The summed E-state index contributed by atoms with van der Waals surface area (Å²) in [5, 5.41) is 9.66. The van der Waals surface area contributed by atoms with Crippen LogP contribution in [-0.2, 0) is 47.7 Å². The molecule has 0 spiro atoms. The van der Waals surface area contributed by atoms with Crippen molar-refractivity contribution in [1.29, 1.82) is 0 Å². The lowest BCUT2D eigenvalue weighted by molar-refractivity contribution is -0.160. The Morgan fingerprint density at radius 3 is 2.19 bits per heavy atom. The molecule has 1 aliphatic carbocycles. The Balaban J connectivity index is 2.63. The zero-order chi connectivity index (χ0) is 27.9. The molecule has 0 aromatic heterocycles. The number of aliphatic carboxylic acids is 1. The van der Waals surface area contributed by atoms with E-state index in [2.05, 4.69) is 0 Å². The van der Waals surface area contributed by atoms with Gasteiger partial charge in [-0.25, -0.2) is 0 Å². The number of fused-ring (bicyclic) bond motifs is 1. The molecule has 7 unspecified atom stereocenters. The van der Waals surface area contributed by atoms with E-state index in [1.54, 1.807) is 26.8 Å². The molecule has 1 heterocycles. The van der Waals surface area contributed by atoms with Crippen LogP contribution < -0.4 is 0 Å². The van der Waals surface area contributed by atoms with E-state index < -0.39 is 72.3 Å². The second kappa shape index (κ2) is 12.8. The highest BCUT2D eigenvalue weighted by Crippen LogP contribution is 2.48. The van der Waals surface area contributed by atoms with Gasteiger partial charge >= 0.3 is 23.9 Å². The minimum Gasteiger partial charge on any atom is -0.481 e. The van der Waals surface area contributed by atoms with E-state index >= 15 is 0 Å². The van der Waals surface area contributed by atoms with Crippen LogP contribution in [0.2, 0.25) is 0 Å². The third kappa shape index (κ3) is 8.41. The zero-order valence-corrected chi connectivity index (χ0v) is 22.1. The van der Waals surface area contributed by atoms with Gasteiger partial charge in [0.2, 0.25) is 0 Å². The maximum atomic E-state index is 12.0. The van der Waals surface area contributed by atoms with Crippen molar-refractivity contribution in [3.05, 3.63) is 23.3 Å². The molecule has 206 valence electrons. The van der Waals surface area contributed by atoms with Crippen LogP contribution in [0.4, 0.5) is 0 Å². The van der Waals surface area contributed by atoms with E-state index in [-0.39, 0.29) is 19.3 Å². The van der Waals surface area contributed by atoms with Crippen molar-refractivity contribution in [1.82, 2.24) is 0 Å². The Bertz CT molecular complexity index is 952. The lowest BCUT2D eigenvalue weighted by Crippen LogP contribution is -2.45. The summed E-state index contributed by atoms with van der Waals surface area (Å²) < 4.78 is 27.9. The molecule has 0 aromatic carbocycles. The monoisotopic (exact) mass is 524 g/mol. The molecule has 1 aliphatic heterocycles. The molecule has 0 bridgehead atoms. The Hall–Kier alpha value is -3.21. The Morgan fingerprint density at radius 2 is 1.65 bits per heavy atom. The summed E-state index contributed by atoms with van der Waals surface area (Å²) in [5.41, 5.74) is 0.362. The van der Waals surface area contributed by atoms with Gasteiger partial charge in [0.25, 0.3) is 6.47 Å². The van der Waals surface area contributed by atoms with Gasteiger partial charge < -0.3 is 28.8 Å². The molecule has 7 atom stereocenters. The highest BCUT2D eigenvalue weighted by molar-refractivity contribution is 5.68. The van der Waals surface area contributed by atoms with Crippen molar-refractivity contribution in [3.63, 3.8) is 0 Å². The van der Waals surface area contributed by atoms with Gasteiger partial charge in [0.15, 0.2) is 0 Å². The number of ether oxygens (including phenoxy) is 5. The van der Waals surface area contributed by atoms with Crippen molar-refractivity contribution >= 4 is 30.3 Å². The van der Waals surface area contributed by atoms with E-state index in [1.807, 2.05) is 6.08 Å². The molecular weight excluding hydrogens is 488 g/mol. The number of esters is 3. The lowest BCUT2D eigenvalue weighted by Gasteiger charge is -2.32. The number of hydrogen-bond acceptors (Lipinski definition) is 10. The molecule has 11 nitrogen and oxygen atoms in total. The molecule has 0 radical (unpaired) electrons. The number of rotatable bonds is 7. The first kappa shape index (κ1) is 30.0. The molecule has 1 saturated heterocycles. The van der Waals surface area contributed by atoms with Gasteiger partial charge in [0, 0.05) is 46.0 Å². The third-order valence-corrected chi connectivity index (χ3v) is 6.65. The summed E-state index contributed by atoms with van der Waals surface area (Å²) >= 11 is 0. The molecule has 0 saturated carbocycles. The van der Waals surface area contributed by atoms with Crippen LogP contribution in [0, 0.1) is 5.92 Å². The highest BCUT2D eigenvalue weighted by Gasteiger charge is 2.65. The van der Waals surface area contributed by atoms with E-state index in [0.717, 1.165) is 11.1 Å². The summed E-state index contributed by atoms with van der Waals surface area (Å²) in [6.07, 6.45) is -0.531. The third-order valence-electron chi connectivity index (χ3n) is 6.65. The van der Waals surface area contributed by atoms with Gasteiger partial charge in [-0.15, -0.1) is 0 Å².